The summed E-state index contributed by atoms with van der Waals surface area (Å²) in [7, 11) is 0. The van der Waals surface area contributed by atoms with Gasteiger partial charge in [-0.15, -0.1) is 11.6 Å². The van der Waals surface area contributed by atoms with Gasteiger partial charge in [-0.05, 0) is 26.2 Å². The van der Waals surface area contributed by atoms with Crippen LogP contribution in [-0.4, -0.2) is 40.1 Å². The molecule has 6 nitrogen and oxygen atoms in total. The summed E-state index contributed by atoms with van der Waals surface area (Å²) in [5.41, 5.74) is -2.44. The minimum Gasteiger partial charge on any atom is -0.459 e. The molecule has 4 rings (SSSR count). The van der Waals surface area contributed by atoms with Gasteiger partial charge in [-0.2, -0.15) is 0 Å². The van der Waals surface area contributed by atoms with E-state index in [4.69, 9.17) is 21.1 Å². The third-order valence-corrected chi connectivity index (χ3v) is 5.87. The van der Waals surface area contributed by atoms with E-state index in [2.05, 4.69) is 5.32 Å². The van der Waals surface area contributed by atoms with E-state index in [-0.39, 0.29) is 11.8 Å². The number of amides is 1. The van der Waals surface area contributed by atoms with Crippen LogP contribution in [0.3, 0.4) is 0 Å². The summed E-state index contributed by atoms with van der Waals surface area (Å²) in [6, 6.07) is 0. The molecule has 1 amide bonds. The third-order valence-electron chi connectivity index (χ3n) is 5.66. The Bertz CT molecular complexity index is 605. The number of fused-ring (bicyclic) bond motifs is 1. The van der Waals surface area contributed by atoms with Crippen molar-refractivity contribution in [2.45, 2.75) is 49.9 Å². The number of esters is 1. The number of rotatable bonds is 4. The Kier molecular flexibility index (Phi) is 2.86. The smallest absolute Gasteiger partial charge is 0.339 e. The average molecular weight is 328 g/mol. The van der Waals surface area contributed by atoms with Gasteiger partial charge in [0.05, 0.1) is 5.92 Å². The topological polar surface area (TPSA) is 88.2 Å². The first-order chi connectivity index (χ1) is 10.5. The normalized spacial score (nSPS) is 43.4. The fourth-order valence-corrected chi connectivity index (χ4v) is 4.57. The zero-order valence-corrected chi connectivity index (χ0v) is 13.0. The number of nitrogens with one attached hydrogen (secondary N) is 1. The molecule has 2 fully saturated rings. The second-order valence-corrected chi connectivity index (χ2v) is 7.04. The highest BCUT2D eigenvalue weighted by Crippen LogP contribution is 2.56. The molecule has 2 N–H and O–H groups in total. The third kappa shape index (κ3) is 1.50. The van der Waals surface area contributed by atoms with Crippen molar-refractivity contribution in [3.8, 4) is 0 Å². The zero-order chi connectivity index (χ0) is 15.7. The van der Waals surface area contributed by atoms with Gasteiger partial charge in [0, 0.05) is 18.2 Å². The van der Waals surface area contributed by atoms with Gasteiger partial charge < -0.3 is 19.9 Å². The SMILES string of the molecule is C[C@@]12OC(=O)[C@]1([C@@H](O)[C@H]1CCCC3=C1O3)NC(=O)[C@@H]2CCCl. The van der Waals surface area contributed by atoms with Crippen LogP contribution in [-0.2, 0) is 19.1 Å². The second kappa shape index (κ2) is 4.38. The van der Waals surface area contributed by atoms with Gasteiger partial charge >= 0.3 is 5.97 Å². The number of aliphatic hydroxyl groups is 1. The number of allylic oxidation sites excluding steroid dienone is 1. The average Bonchev–Trinajstić information content (AvgIpc) is 3.25. The van der Waals surface area contributed by atoms with E-state index >= 15 is 0 Å². The highest BCUT2D eigenvalue weighted by molar-refractivity contribution is 6.18. The summed E-state index contributed by atoms with van der Waals surface area (Å²) < 4.78 is 10.8. The van der Waals surface area contributed by atoms with Gasteiger partial charge in [-0.1, -0.05) is 0 Å². The molecule has 2 saturated heterocycles. The summed E-state index contributed by atoms with van der Waals surface area (Å²) in [6.07, 6.45) is 1.88. The van der Waals surface area contributed by atoms with E-state index in [0.717, 1.165) is 30.8 Å². The number of ether oxygens (including phenoxy) is 2. The predicted octanol–water partition coefficient (Wildman–Crippen LogP) is 0.818. The Labute approximate surface area is 132 Å². The summed E-state index contributed by atoms with van der Waals surface area (Å²) in [6.45, 7) is 1.71. The lowest BCUT2D eigenvalue weighted by molar-refractivity contribution is -0.238. The van der Waals surface area contributed by atoms with Crippen LogP contribution in [0.5, 0.6) is 0 Å². The first kappa shape index (κ1) is 14.3. The van der Waals surface area contributed by atoms with Crippen molar-refractivity contribution in [1.82, 2.24) is 5.32 Å². The second-order valence-electron chi connectivity index (χ2n) is 6.66. The van der Waals surface area contributed by atoms with E-state index in [1.807, 2.05) is 0 Å². The molecule has 120 valence electrons. The lowest BCUT2D eigenvalue weighted by Gasteiger charge is -2.54. The first-order valence-electron chi connectivity index (χ1n) is 7.66. The molecule has 0 aromatic rings. The zero-order valence-electron chi connectivity index (χ0n) is 12.2. The van der Waals surface area contributed by atoms with Gasteiger partial charge in [-0.25, -0.2) is 4.79 Å². The van der Waals surface area contributed by atoms with E-state index in [0.29, 0.717) is 12.3 Å². The maximum absolute atomic E-state index is 12.3. The molecule has 0 aromatic carbocycles. The summed E-state index contributed by atoms with van der Waals surface area (Å²) in [5.74, 6) is 0.351. The highest BCUT2D eigenvalue weighted by Gasteiger charge is 2.80. The molecule has 7 heteroatoms. The number of hydrogen-bond donors (Lipinski definition) is 2. The van der Waals surface area contributed by atoms with Crippen molar-refractivity contribution < 1.29 is 24.2 Å². The number of carbonyl (C=O) groups is 2. The Morgan fingerprint density at radius 1 is 1.50 bits per heavy atom. The standard InChI is InChI=1S/C15H18ClNO5/c1-14-8(5-6-16)12(19)17-15(14,13(20)22-14)11(18)7-3-2-4-9-10(7)21-9/h7-8,11,18H,2-6H2,1H3,(H,17,19)/t7-,8-,11-,14-,15-/m0/s1. The minimum atomic E-state index is -1.38. The molecule has 0 spiro atoms. The summed E-state index contributed by atoms with van der Waals surface area (Å²) in [5, 5.41) is 13.7. The predicted molar refractivity (Wildman–Crippen MR) is 75.7 cm³/mol. The fourth-order valence-electron chi connectivity index (χ4n) is 4.35. The highest BCUT2D eigenvalue weighted by atomic mass is 35.5. The number of aliphatic hydroxyl groups excluding tert-OH is 1. The van der Waals surface area contributed by atoms with Crippen LogP contribution in [0.15, 0.2) is 11.5 Å². The molecule has 3 heterocycles. The Balaban J connectivity index is 1.69. The van der Waals surface area contributed by atoms with Crippen LogP contribution in [0.25, 0.3) is 0 Å². The van der Waals surface area contributed by atoms with Crippen molar-refractivity contribution in [3.63, 3.8) is 0 Å². The van der Waals surface area contributed by atoms with Crippen molar-refractivity contribution in [1.29, 1.82) is 0 Å². The Morgan fingerprint density at radius 3 is 2.95 bits per heavy atom. The molecule has 22 heavy (non-hydrogen) atoms. The Hall–Kier alpha value is -1.27. The van der Waals surface area contributed by atoms with E-state index in [1.54, 1.807) is 6.92 Å². The van der Waals surface area contributed by atoms with Crippen LogP contribution in [0.4, 0.5) is 0 Å². The van der Waals surface area contributed by atoms with Crippen molar-refractivity contribution in [3.05, 3.63) is 11.5 Å². The van der Waals surface area contributed by atoms with E-state index in [1.165, 1.54) is 0 Å². The lowest BCUT2D eigenvalue weighted by Crippen LogP contribution is -2.80. The van der Waals surface area contributed by atoms with Crippen LogP contribution in [0.2, 0.25) is 0 Å². The largest absolute Gasteiger partial charge is 0.459 e. The molecule has 5 atom stereocenters. The maximum atomic E-state index is 12.3. The minimum absolute atomic E-state index is 0.258. The maximum Gasteiger partial charge on any atom is 0.339 e. The molecule has 0 radical (unpaired) electrons. The summed E-state index contributed by atoms with van der Waals surface area (Å²) in [4.78, 5) is 24.6. The van der Waals surface area contributed by atoms with Gasteiger partial charge in [0.2, 0.25) is 11.4 Å². The number of halogens is 1. The van der Waals surface area contributed by atoms with E-state index in [9.17, 15) is 14.7 Å². The molecule has 0 unspecified atom stereocenters. The van der Waals surface area contributed by atoms with Crippen LogP contribution < -0.4 is 5.32 Å². The molecule has 3 aliphatic heterocycles. The molecule has 0 bridgehead atoms. The molecular formula is C15H18ClNO5. The van der Waals surface area contributed by atoms with Gasteiger partial charge in [0.15, 0.2) is 5.60 Å². The lowest BCUT2D eigenvalue weighted by atomic mass is 9.64. The number of hydrogen-bond acceptors (Lipinski definition) is 5. The molecule has 4 aliphatic rings. The number of carbonyl (C=O) groups excluding carboxylic acids is 2. The number of alkyl halides is 1. The van der Waals surface area contributed by atoms with Gasteiger partial charge in [-0.3, -0.25) is 4.79 Å². The molecular weight excluding hydrogens is 310 g/mol. The summed E-state index contributed by atoms with van der Waals surface area (Å²) >= 11 is 5.78. The van der Waals surface area contributed by atoms with Crippen LogP contribution in [0, 0.1) is 11.8 Å². The van der Waals surface area contributed by atoms with E-state index < -0.39 is 29.1 Å². The monoisotopic (exact) mass is 327 g/mol. The Morgan fingerprint density at radius 2 is 2.27 bits per heavy atom. The quantitative estimate of drug-likeness (QED) is 0.589. The van der Waals surface area contributed by atoms with Crippen molar-refractivity contribution in [2.24, 2.45) is 11.8 Å². The molecule has 0 saturated carbocycles. The van der Waals surface area contributed by atoms with Gasteiger partial charge in [0.25, 0.3) is 0 Å². The molecule has 1 aliphatic carbocycles. The molecule has 0 aromatic heterocycles. The first-order valence-corrected chi connectivity index (χ1v) is 8.19. The van der Waals surface area contributed by atoms with Gasteiger partial charge in [0.1, 0.15) is 17.6 Å². The fraction of sp³-hybridized carbons (Fsp3) is 0.733. The van der Waals surface area contributed by atoms with Crippen molar-refractivity contribution in [2.75, 3.05) is 5.88 Å². The van der Waals surface area contributed by atoms with Crippen LogP contribution in [0.1, 0.15) is 32.6 Å². The van der Waals surface area contributed by atoms with Crippen molar-refractivity contribution >= 4 is 23.5 Å². The van der Waals surface area contributed by atoms with Crippen LogP contribution >= 0.6 is 11.6 Å².